The average molecular weight is 280 g/mol. The van der Waals surface area contributed by atoms with Gasteiger partial charge in [-0.25, -0.2) is 0 Å². The summed E-state index contributed by atoms with van der Waals surface area (Å²) >= 11 is 0. The van der Waals surface area contributed by atoms with Crippen molar-refractivity contribution in [1.82, 2.24) is 0 Å². The molecule has 0 saturated heterocycles. The van der Waals surface area contributed by atoms with Crippen molar-refractivity contribution >= 4 is 7.60 Å². The van der Waals surface area contributed by atoms with E-state index in [0.29, 0.717) is 6.42 Å². The predicted molar refractivity (Wildman–Crippen MR) is 75.0 cm³/mol. The quantitative estimate of drug-likeness (QED) is 0.398. The van der Waals surface area contributed by atoms with Crippen molar-refractivity contribution in [3.05, 3.63) is 0 Å². The van der Waals surface area contributed by atoms with Gasteiger partial charge in [-0.3, -0.25) is 4.57 Å². The molecular formula is C13H29O4P. The maximum absolute atomic E-state index is 10.6. The van der Waals surface area contributed by atoms with Crippen LogP contribution in [0.2, 0.25) is 0 Å². The summed E-state index contributed by atoms with van der Waals surface area (Å²) in [5.74, 6) is 0. The Labute approximate surface area is 111 Å². The van der Waals surface area contributed by atoms with Crippen LogP contribution in [0.5, 0.6) is 0 Å². The first-order valence-corrected chi connectivity index (χ1v) is 8.89. The van der Waals surface area contributed by atoms with Gasteiger partial charge in [0.2, 0.25) is 0 Å². The summed E-state index contributed by atoms with van der Waals surface area (Å²) in [7, 11) is -2.01. The molecule has 0 aromatic carbocycles. The van der Waals surface area contributed by atoms with Crippen molar-refractivity contribution in [2.24, 2.45) is 0 Å². The molecule has 0 aliphatic carbocycles. The average Bonchev–Trinajstić information content (AvgIpc) is 2.29. The van der Waals surface area contributed by atoms with E-state index in [0.717, 1.165) is 19.4 Å². The normalized spacial score (nSPS) is 11.9. The van der Waals surface area contributed by atoms with Gasteiger partial charge in [0.1, 0.15) is 0 Å². The zero-order chi connectivity index (χ0) is 13.7. The highest BCUT2D eigenvalue weighted by Crippen LogP contribution is 2.35. The minimum absolute atomic E-state index is 0.0481. The van der Waals surface area contributed by atoms with Crippen LogP contribution < -0.4 is 0 Å². The smallest absolute Gasteiger partial charge is 0.325 e. The molecule has 0 heterocycles. The minimum atomic E-state index is -3.76. The Hall–Kier alpha value is 0.110. The third-order valence-corrected chi connectivity index (χ3v) is 3.95. The molecule has 4 nitrogen and oxygen atoms in total. The van der Waals surface area contributed by atoms with Crippen molar-refractivity contribution in [2.75, 3.05) is 19.9 Å². The molecule has 0 aliphatic rings. The zero-order valence-electron chi connectivity index (χ0n) is 11.6. The van der Waals surface area contributed by atoms with Gasteiger partial charge in [0.25, 0.3) is 0 Å². The lowest BCUT2D eigenvalue weighted by Gasteiger charge is -2.04. The van der Waals surface area contributed by atoms with Crippen molar-refractivity contribution in [3.63, 3.8) is 0 Å². The summed E-state index contributed by atoms with van der Waals surface area (Å²) in [6, 6.07) is 0. The molecule has 0 saturated carbocycles. The Balaban J connectivity index is 3.01. The van der Waals surface area contributed by atoms with Crippen LogP contribution in [0.15, 0.2) is 0 Å². The van der Waals surface area contributed by atoms with E-state index in [9.17, 15) is 4.57 Å². The molecule has 0 atom stereocenters. The van der Waals surface area contributed by atoms with E-state index in [1.165, 1.54) is 44.9 Å². The lowest BCUT2D eigenvalue weighted by Crippen LogP contribution is -1.89. The monoisotopic (exact) mass is 280 g/mol. The first-order chi connectivity index (χ1) is 8.56. The molecule has 5 heteroatoms. The zero-order valence-corrected chi connectivity index (χ0v) is 12.5. The Kier molecular flexibility index (Phi) is 12.2. The molecule has 0 bridgehead atoms. The van der Waals surface area contributed by atoms with Crippen LogP contribution in [0.3, 0.4) is 0 Å². The van der Waals surface area contributed by atoms with Gasteiger partial charge >= 0.3 is 7.60 Å². The maximum atomic E-state index is 10.6. The van der Waals surface area contributed by atoms with Crippen LogP contribution in [-0.4, -0.2) is 29.7 Å². The van der Waals surface area contributed by atoms with Crippen LogP contribution in [0.25, 0.3) is 0 Å². The molecule has 0 amide bonds. The summed E-state index contributed by atoms with van der Waals surface area (Å²) < 4.78 is 15.6. The summed E-state index contributed by atoms with van der Waals surface area (Å²) in [5, 5.41) is 0. The van der Waals surface area contributed by atoms with Crippen LogP contribution in [0, 0.1) is 0 Å². The fourth-order valence-corrected chi connectivity index (χ4v) is 2.61. The fraction of sp³-hybridized carbons (Fsp3) is 1.00. The van der Waals surface area contributed by atoms with Gasteiger partial charge in [-0.2, -0.15) is 0 Å². The van der Waals surface area contributed by atoms with Crippen molar-refractivity contribution in [1.29, 1.82) is 0 Å². The molecule has 0 aliphatic heterocycles. The Morgan fingerprint density at radius 1 is 0.778 bits per heavy atom. The second kappa shape index (κ2) is 12.2. The molecule has 0 spiro atoms. The topological polar surface area (TPSA) is 66.8 Å². The van der Waals surface area contributed by atoms with Crippen LogP contribution >= 0.6 is 7.60 Å². The first kappa shape index (κ1) is 18.1. The molecule has 18 heavy (non-hydrogen) atoms. The van der Waals surface area contributed by atoms with E-state index in [1.807, 2.05) is 0 Å². The Morgan fingerprint density at radius 2 is 1.17 bits per heavy atom. The van der Waals surface area contributed by atoms with E-state index < -0.39 is 7.60 Å². The lowest BCUT2D eigenvalue weighted by molar-refractivity contribution is 0.192. The van der Waals surface area contributed by atoms with Gasteiger partial charge in [-0.05, 0) is 12.8 Å². The number of unbranched alkanes of at least 4 members (excludes halogenated alkanes) is 9. The number of ether oxygens (including phenoxy) is 1. The van der Waals surface area contributed by atoms with Crippen LogP contribution in [0.4, 0.5) is 0 Å². The largest absolute Gasteiger partial charge is 0.385 e. The highest BCUT2D eigenvalue weighted by atomic mass is 31.2. The second-order valence-electron chi connectivity index (χ2n) is 4.92. The maximum Gasteiger partial charge on any atom is 0.325 e. The van der Waals surface area contributed by atoms with Gasteiger partial charge in [0.15, 0.2) is 0 Å². The Morgan fingerprint density at radius 3 is 1.56 bits per heavy atom. The third kappa shape index (κ3) is 16.1. The van der Waals surface area contributed by atoms with Crippen LogP contribution in [0.1, 0.15) is 64.2 Å². The molecule has 0 fully saturated rings. The SMILES string of the molecule is COCCCCCCCCCCCCP(=O)(O)O. The van der Waals surface area contributed by atoms with Crippen molar-refractivity contribution in [2.45, 2.75) is 64.2 Å². The van der Waals surface area contributed by atoms with E-state index in [-0.39, 0.29) is 6.16 Å². The van der Waals surface area contributed by atoms with E-state index >= 15 is 0 Å². The highest BCUT2D eigenvalue weighted by molar-refractivity contribution is 7.51. The van der Waals surface area contributed by atoms with Crippen molar-refractivity contribution in [3.8, 4) is 0 Å². The van der Waals surface area contributed by atoms with Crippen molar-refractivity contribution < 1.29 is 19.1 Å². The number of methoxy groups -OCH3 is 1. The van der Waals surface area contributed by atoms with Crippen LogP contribution in [-0.2, 0) is 9.30 Å². The van der Waals surface area contributed by atoms with Gasteiger partial charge < -0.3 is 14.5 Å². The first-order valence-electron chi connectivity index (χ1n) is 7.10. The molecule has 0 unspecified atom stereocenters. The fourth-order valence-electron chi connectivity index (χ4n) is 1.98. The van der Waals surface area contributed by atoms with Gasteiger partial charge in [0, 0.05) is 19.9 Å². The predicted octanol–water partition coefficient (Wildman–Crippen LogP) is 3.71. The Bertz CT molecular complexity index is 215. The lowest BCUT2D eigenvalue weighted by atomic mass is 10.1. The standard InChI is InChI=1S/C13H29O4P/c1-17-12-10-8-6-4-2-3-5-7-9-11-13-18(14,15)16/h2-13H2,1H3,(H2,14,15,16). The summed E-state index contributed by atoms with van der Waals surface area (Å²) in [4.78, 5) is 17.4. The molecule has 0 aromatic heterocycles. The van der Waals surface area contributed by atoms with E-state index in [4.69, 9.17) is 14.5 Å². The number of hydrogen-bond donors (Lipinski definition) is 2. The number of hydrogen-bond acceptors (Lipinski definition) is 2. The highest BCUT2D eigenvalue weighted by Gasteiger charge is 2.10. The summed E-state index contributed by atoms with van der Waals surface area (Å²) in [5.41, 5.74) is 0. The third-order valence-electron chi connectivity index (χ3n) is 3.05. The van der Waals surface area contributed by atoms with E-state index in [2.05, 4.69) is 0 Å². The molecule has 2 N–H and O–H groups in total. The minimum Gasteiger partial charge on any atom is -0.385 e. The molecular weight excluding hydrogens is 251 g/mol. The van der Waals surface area contributed by atoms with Gasteiger partial charge in [0.05, 0.1) is 0 Å². The van der Waals surface area contributed by atoms with E-state index in [1.54, 1.807) is 7.11 Å². The second-order valence-corrected chi connectivity index (χ2v) is 6.69. The summed E-state index contributed by atoms with van der Waals surface area (Å²) in [6.45, 7) is 0.875. The molecule has 0 aromatic rings. The van der Waals surface area contributed by atoms with Gasteiger partial charge in [-0.1, -0.05) is 51.4 Å². The molecule has 0 rings (SSSR count). The number of rotatable bonds is 13. The van der Waals surface area contributed by atoms with Gasteiger partial charge in [-0.15, -0.1) is 0 Å². The summed E-state index contributed by atoms with van der Waals surface area (Å²) in [6.07, 6.45) is 11.5. The molecule has 110 valence electrons. The molecule has 0 radical (unpaired) electrons.